The molecule has 2 atom stereocenters. The molecule has 1 heterocycles. The molecule has 1 aliphatic heterocycles. The third-order valence-corrected chi connectivity index (χ3v) is 6.01. The van der Waals surface area contributed by atoms with Gasteiger partial charge in [0.1, 0.15) is 0 Å². The standard InChI is InChI=1S/C19H27ClN2O2.ClH/c20-16-6-2-1-5-15(16)19(8-10-24-11-9-19)13-22-18(23)12-14-4-3-7-17(14)21;/h1-2,5-6,14,17H,3-4,7-13,21H2,(H,22,23);1H/t14-,17+;/m0./s1. The fraction of sp³-hybridized carbons (Fsp3) is 0.632. The second kappa shape index (κ2) is 9.22. The van der Waals surface area contributed by atoms with Crippen molar-refractivity contribution in [3.63, 3.8) is 0 Å². The number of carbonyl (C=O) groups excluding carboxylic acids is 1. The fourth-order valence-corrected chi connectivity index (χ4v) is 4.43. The normalized spacial score (nSPS) is 25.2. The molecule has 1 saturated carbocycles. The molecule has 2 aliphatic rings. The van der Waals surface area contributed by atoms with Crippen molar-refractivity contribution >= 4 is 29.9 Å². The van der Waals surface area contributed by atoms with Gasteiger partial charge in [0.05, 0.1) is 0 Å². The van der Waals surface area contributed by atoms with E-state index < -0.39 is 0 Å². The minimum absolute atomic E-state index is 0. The Hall–Kier alpha value is -0.810. The van der Waals surface area contributed by atoms with Crippen molar-refractivity contribution in [2.24, 2.45) is 11.7 Å². The molecule has 4 nitrogen and oxygen atoms in total. The maximum atomic E-state index is 12.4. The summed E-state index contributed by atoms with van der Waals surface area (Å²) < 4.78 is 5.54. The first-order valence-corrected chi connectivity index (χ1v) is 9.33. The molecule has 3 rings (SSSR count). The largest absolute Gasteiger partial charge is 0.381 e. The summed E-state index contributed by atoms with van der Waals surface area (Å²) in [4.78, 5) is 12.4. The van der Waals surface area contributed by atoms with Crippen molar-refractivity contribution in [1.82, 2.24) is 5.32 Å². The van der Waals surface area contributed by atoms with Gasteiger partial charge in [-0.05, 0) is 43.2 Å². The molecule has 0 spiro atoms. The van der Waals surface area contributed by atoms with Crippen LogP contribution in [0.25, 0.3) is 0 Å². The summed E-state index contributed by atoms with van der Waals surface area (Å²) in [6, 6.07) is 8.13. The van der Waals surface area contributed by atoms with Crippen LogP contribution >= 0.6 is 24.0 Å². The molecule has 1 amide bonds. The van der Waals surface area contributed by atoms with E-state index in [1.807, 2.05) is 18.2 Å². The monoisotopic (exact) mass is 386 g/mol. The highest BCUT2D eigenvalue weighted by atomic mass is 35.5. The third kappa shape index (κ3) is 4.88. The molecule has 25 heavy (non-hydrogen) atoms. The predicted molar refractivity (Wildman–Crippen MR) is 103 cm³/mol. The number of amides is 1. The average Bonchev–Trinajstić information content (AvgIpc) is 2.99. The van der Waals surface area contributed by atoms with Crippen LogP contribution in [0, 0.1) is 5.92 Å². The number of rotatable bonds is 5. The van der Waals surface area contributed by atoms with Crippen LogP contribution in [0.4, 0.5) is 0 Å². The van der Waals surface area contributed by atoms with Gasteiger partial charge in [0.15, 0.2) is 0 Å². The summed E-state index contributed by atoms with van der Waals surface area (Å²) in [6.07, 6.45) is 5.53. The lowest BCUT2D eigenvalue weighted by Gasteiger charge is -2.38. The molecule has 1 aliphatic carbocycles. The topological polar surface area (TPSA) is 64.4 Å². The Morgan fingerprint density at radius 3 is 2.64 bits per heavy atom. The summed E-state index contributed by atoms with van der Waals surface area (Å²) in [5.41, 5.74) is 7.07. The van der Waals surface area contributed by atoms with Crippen LogP contribution in [-0.2, 0) is 14.9 Å². The fourth-order valence-electron chi connectivity index (χ4n) is 4.09. The molecule has 0 aromatic heterocycles. The van der Waals surface area contributed by atoms with Gasteiger partial charge in [-0.2, -0.15) is 0 Å². The first kappa shape index (κ1) is 20.5. The van der Waals surface area contributed by atoms with Gasteiger partial charge in [0.2, 0.25) is 5.91 Å². The van der Waals surface area contributed by atoms with E-state index in [2.05, 4.69) is 11.4 Å². The Balaban J connectivity index is 0.00000225. The smallest absolute Gasteiger partial charge is 0.220 e. The molecule has 2 fully saturated rings. The molecule has 1 aromatic carbocycles. The highest BCUT2D eigenvalue weighted by Gasteiger charge is 2.36. The van der Waals surface area contributed by atoms with Crippen LogP contribution in [0.15, 0.2) is 24.3 Å². The lowest BCUT2D eigenvalue weighted by molar-refractivity contribution is -0.122. The van der Waals surface area contributed by atoms with Gasteiger partial charge in [-0.3, -0.25) is 4.79 Å². The van der Waals surface area contributed by atoms with E-state index in [-0.39, 0.29) is 29.8 Å². The first-order valence-electron chi connectivity index (χ1n) is 8.96. The minimum Gasteiger partial charge on any atom is -0.381 e. The summed E-state index contributed by atoms with van der Waals surface area (Å²) in [7, 11) is 0. The van der Waals surface area contributed by atoms with Crippen LogP contribution in [0.1, 0.15) is 44.1 Å². The van der Waals surface area contributed by atoms with Gasteiger partial charge in [0, 0.05) is 42.7 Å². The van der Waals surface area contributed by atoms with Gasteiger partial charge < -0.3 is 15.8 Å². The Bertz CT molecular complexity index is 576. The van der Waals surface area contributed by atoms with Crippen molar-refractivity contribution in [3.8, 4) is 0 Å². The number of hydrogen-bond acceptors (Lipinski definition) is 3. The SMILES string of the molecule is Cl.N[C@@H]1CCC[C@H]1CC(=O)NCC1(c2ccccc2Cl)CCOCC1. The Morgan fingerprint density at radius 1 is 1.28 bits per heavy atom. The quantitative estimate of drug-likeness (QED) is 0.814. The van der Waals surface area contributed by atoms with E-state index in [1.165, 1.54) is 0 Å². The van der Waals surface area contributed by atoms with Crippen molar-refractivity contribution in [2.75, 3.05) is 19.8 Å². The molecule has 1 aromatic rings. The zero-order valence-electron chi connectivity index (χ0n) is 14.5. The van der Waals surface area contributed by atoms with Gasteiger partial charge >= 0.3 is 0 Å². The minimum atomic E-state index is -0.135. The second-order valence-electron chi connectivity index (χ2n) is 7.21. The van der Waals surface area contributed by atoms with E-state index in [1.54, 1.807) is 0 Å². The Labute approximate surface area is 161 Å². The molecule has 6 heteroatoms. The van der Waals surface area contributed by atoms with Crippen molar-refractivity contribution in [2.45, 2.75) is 50.0 Å². The summed E-state index contributed by atoms with van der Waals surface area (Å²) in [6.45, 7) is 2.02. The molecular formula is C19H28Cl2N2O2. The number of hydrogen-bond donors (Lipinski definition) is 2. The van der Waals surface area contributed by atoms with Crippen molar-refractivity contribution in [3.05, 3.63) is 34.9 Å². The van der Waals surface area contributed by atoms with Crippen molar-refractivity contribution in [1.29, 1.82) is 0 Å². The molecular weight excluding hydrogens is 359 g/mol. The van der Waals surface area contributed by atoms with E-state index in [9.17, 15) is 4.79 Å². The lowest BCUT2D eigenvalue weighted by atomic mass is 9.74. The van der Waals surface area contributed by atoms with E-state index in [4.69, 9.17) is 22.1 Å². The van der Waals surface area contributed by atoms with Gasteiger partial charge in [0.25, 0.3) is 0 Å². The maximum Gasteiger partial charge on any atom is 0.220 e. The average molecular weight is 387 g/mol. The first-order chi connectivity index (χ1) is 11.6. The Kier molecular flexibility index (Phi) is 7.56. The highest BCUT2D eigenvalue weighted by Crippen LogP contribution is 2.38. The predicted octanol–water partition coefficient (Wildman–Crippen LogP) is 3.44. The number of carbonyl (C=O) groups is 1. The van der Waals surface area contributed by atoms with Crippen LogP contribution in [0.2, 0.25) is 5.02 Å². The van der Waals surface area contributed by atoms with Crippen molar-refractivity contribution < 1.29 is 9.53 Å². The lowest BCUT2D eigenvalue weighted by Crippen LogP contribution is -2.45. The number of nitrogens with one attached hydrogen (secondary N) is 1. The number of benzene rings is 1. The van der Waals surface area contributed by atoms with Gasteiger partial charge in [-0.1, -0.05) is 36.2 Å². The molecule has 140 valence electrons. The van der Waals surface area contributed by atoms with Gasteiger partial charge in [-0.25, -0.2) is 0 Å². The van der Waals surface area contributed by atoms with E-state index in [0.29, 0.717) is 32.1 Å². The second-order valence-corrected chi connectivity index (χ2v) is 7.62. The Morgan fingerprint density at radius 2 is 2.00 bits per heavy atom. The van der Waals surface area contributed by atoms with Crippen LogP contribution < -0.4 is 11.1 Å². The molecule has 0 radical (unpaired) electrons. The van der Waals surface area contributed by atoms with Crippen LogP contribution in [0.5, 0.6) is 0 Å². The third-order valence-electron chi connectivity index (χ3n) is 5.68. The number of halogens is 2. The summed E-state index contributed by atoms with van der Waals surface area (Å²) >= 11 is 6.45. The molecule has 0 unspecified atom stereocenters. The number of nitrogens with two attached hydrogens (primary N) is 1. The van der Waals surface area contributed by atoms with Crippen LogP contribution in [0.3, 0.4) is 0 Å². The van der Waals surface area contributed by atoms with E-state index in [0.717, 1.165) is 42.7 Å². The number of ether oxygens (including phenoxy) is 1. The molecule has 1 saturated heterocycles. The zero-order valence-corrected chi connectivity index (χ0v) is 16.1. The highest BCUT2D eigenvalue weighted by molar-refractivity contribution is 6.31. The van der Waals surface area contributed by atoms with E-state index >= 15 is 0 Å². The summed E-state index contributed by atoms with van der Waals surface area (Å²) in [5.74, 6) is 0.436. The molecule has 3 N–H and O–H groups in total. The molecule has 0 bridgehead atoms. The zero-order chi connectivity index (χ0) is 17.0. The summed E-state index contributed by atoms with van der Waals surface area (Å²) in [5, 5.41) is 3.93. The maximum absolute atomic E-state index is 12.4. The van der Waals surface area contributed by atoms with Crippen LogP contribution in [-0.4, -0.2) is 31.7 Å². The van der Waals surface area contributed by atoms with Gasteiger partial charge in [-0.15, -0.1) is 12.4 Å².